The lowest BCUT2D eigenvalue weighted by atomic mass is 10.1. The molecule has 0 atom stereocenters. The van der Waals surface area contributed by atoms with Gasteiger partial charge in [0.15, 0.2) is 0 Å². The van der Waals surface area contributed by atoms with E-state index in [0.717, 1.165) is 55.8 Å². The highest BCUT2D eigenvalue weighted by Crippen LogP contribution is 2.32. The smallest absolute Gasteiger partial charge is 0.135 e. The molecular formula is C23H15N7. The van der Waals surface area contributed by atoms with Gasteiger partial charge in [0, 0.05) is 53.0 Å². The van der Waals surface area contributed by atoms with Crippen molar-refractivity contribution in [3.63, 3.8) is 0 Å². The summed E-state index contributed by atoms with van der Waals surface area (Å²) in [6, 6.07) is 15.8. The molecule has 0 spiro atoms. The van der Waals surface area contributed by atoms with Gasteiger partial charge in [-0.2, -0.15) is 5.10 Å². The fourth-order valence-corrected chi connectivity index (χ4v) is 3.69. The normalized spacial score (nSPS) is 11.3. The molecule has 6 heterocycles. The minimum Gasteiger partial charge on any atom is -0.353 e. The summed E-state index contributed by atoms with van der Waals surface area (Å²) in [6.45, 7) is 0. The zero-order valence-electron chi connectivity index (χ0n) is 15.7. The van der Waals surface area contributed by atoms with Crippen LogP contribution in [0.2, 0.25) is 0 Å². The Kier molecular flexibility index (Phi) is 3.64. The third-order valence-electron chi connectivity index (χ3n) is 5.14. The lowest BCUT2D eigenvalue weighted by Gasteiger charge is -2.01. The second kappa shape index (κ2) is 6.59. The molecule has 0 bridgehead atoms. The van der Waals surface area contributed by atoms with Gasteiger partial charge in [0.25, 0.3) is 0 Å². The van der Waals surface area contributed by atoms with Crippen molar-refractivity contribution >= 4 is 21.9 Å². The minimum atomic E-state index is 0.776. The number of nitrogens with one attached hydrogen (secondary N) is 2. The molecule has 6 rings (SSSR count). The van der Waals surface area contributed by atoms with Crippen molar-refractivity contribution < 1.29 is 0 Å². The summed E-state index contributed by atoms with van der Waals surface area (Å²) in [7, 11) is 0. The van der Waals surface area contributed by atoms with Crippen molar-refractivity contribution in [2.75, 3.05) is 0 Å². The first-order chi connectivity index (χ1) is 14.9. The first-order valence-electron chi connectivity index (χ1n) is 9.51. The van der Waals surface area contributed by atoms with Crippen LogP contribution in [-0.2, 0) is 0 Å². The molecule has 2 N–H and O–H groups in total. The van der Waals surface area contributed by atoms with Gasteiger partial charge >= 0.3 is 0 Å². The number of hydrogen-bond acceptors (Lipinski definition) is 5. The first kappa shape index (κ1) is 16.6. The van der Waals surface area contributed by atoms with Crippen LogP contribution in [0.1, 0.15) is 0 Å². The third-order valence-corrected chi connectivity index (χ3v) is 5.14. The molecule has 6 aromatic heterocycles. The Bertz CT molecular complexity index is 1480. The van der Waals surface area contributed by atoms with Gasteiger partial charge in [0.2, 0.25) is 0 Å². The summed E-state index contributed by atoms with van der Waals surface area (Å²) in [4.78, 5) is 21.1. The van der Waals surface area contributed by atoms with Crippen molar-refractivity contribution in [1.29, 1.82) is 0 Å². The molecule has 0 amide bonds. The van der Waals surface area contributed by atoms with Gasteiger partial charge in [0.05, 0.1) is 22.6 Å². The second-order valence-electron chi connectivity index (χ2n) is 6.94. The van der Waals surface area contributed by atoms with Gasteiger partial charge in [-0.1, -0.05) is 0 Å². The van der Waals surface area contributed by atoms with E-state index in [4.69, 9.17) is 4.98 Å². The Morgan fingerprint density at radius 1 is 0.667 bits per heavy atom. The summed E-state index contributed by atoms with van der Waals surface area (Å²) < 4.78 is 0. The average molecular weight is 389 g/mol. The lowest BCUT2D eigenvalue weighted by molar-refractivity contribution is 1.12. The van der Waals surface area contributed by atoms with Crippen LogP contribution in [0.4, 0.5) is 0 Å². The van der Waals surface area contributed by atoms with Crippen LogP contribution in [0.5, 0.6) is 0 Å². The third kappa shape index (κ3) is 2.64. The molecule has 0 radical (unpaired) electrons. The molecule has 30 heavy (non-hydrogen) atoms. The summed E-state index contributed by atoms with van der Waals surface area (Å²) in [5, 5.41) is 8.65. The van der Waals surface area contributed by atoms with E-state index in [2.05, 4.69) is 36.2 Å². The number of H-pyrrole nitrogens is 2. The van der Waals surface area contributed by atoms with Crippen molar-refractivity contribution in [3.8, 4) is 33.9 Å². The topological polar surface area (TPSA) is 96.0 Å². The molecular weight excluding hydrogens is 374 g/mol. The minimum absolute atomic E-state index is 0.776. The van der Waals surface area contributed by atoms with Crippen molar-refractivity contribution in [2.24, 2.45) is 0 Å². The Balaban J connectivity index is 1.52. The average Bonchev–Trinajstić information content (AvgIpc) is 3.43. The second-order valence-corrected chi connectivity index (χ2v) is 6.94. The highest BCUT2D eigenvalue weighted by atomic mass is 15.1. The van der Waals surface area contributed by atoms with Crippen LogP contribution in [0, 0.1) is 0 Å². The standard InChI is InChI=1S/C23H15N7/c1-2-19-22(28-17(1)14-3-8-24-9-4-14)23(30-29-19)20-13-16-18(27-20)7-12-26-21(16)15-5-10-25-11-6-15/h1-13,27H,(H,29,30). The summed E-state index contributed by atoms with van der Waals surface area (Å²) in [5.74, 6) is 0. The van der Waals surface area contributed by atoms with Crippen molar-refractivity contribution in [1.82, 2.24) is 35.1 Å². The van der Waals surface area contributed by atoms with Crippen LogP contribution in [0.3, 0.4) is 0 Å². The monoisotopic (exact) mass is 389 g/mol. The van der Waals surface area contributed by atoms with Gasteiger partial charge in [-0.05, 0) is 48.5 Å². The maximum atomic E-state index is 4.87. The first-order valence-corrected chi connectivity index (χ1v) is 9.51. The Hall–Kier alpha value is -4.39. The molecule has 6 aromatic rings. The zero-order valence-corrected chi connectivity index (χ0v) is 15.7. The molecule has 142 valence electrons. The highest BCUT2D eigenvalue weighted by Gasteiger charge is 2.15. The molecule has 7 heteroatoms. The van der Waals surface area contributed by atoms with Gasteiger partial charge in [-0.25, -0.2) is 4.98 Å². The summed E-state index contributed by atoms with van der Waals surface area (Å²) >= 11 is 0. The number of rotatable bonds is 3. The maximum absolute atomic E-state index is 4.87. The van der Waals surface area contributed by atoms with E-state index in [9.17, 15) is 0 Å². The zero-order chi connectivity index (χ0) is 19.9. The molecule has 0 saturated carbocycles. The van der Waals surface area contributed by atoms with Gasteiger partial charge in [0.1, 0.15) is 11.2 Å². The van der Waals surface area contributed by atoms with E-state index in [1.165, 1.54) is 0 Å². The predicted molar refractivity (Wildman–Crippen MR) is 115 cm³/mol. The van der Waals surface area contributed by atoms with Gasteiger partial charge < -0.3 is 4.98 Å². The quantitative estimate of drug-likeness (QED) is 0.460. The van der Waals surface area contributed by atoms with Gasteiger partial charge in [-0.3, -0.25) is 20.1 Å². The number of nitrogens with zero attached hydrogens (tertiary/aromatic N) is 5. The van der Waals surface area contributed by atoms with Crippen molar-refractivity contribution in [3.05, 3.63) is 79.5 Å². The largest absolute Gasteiger partial charge is 0.353 e. The molecule has 0 unspecified atom stereocenters. The van der Waals surface area contributed by atoms with E-state index in [1.54, 1.807) is 31.0 Å². The van der Waals surface area contributed by atoms with Crippen LogP contribution in [0.25, 0.3) is 55.8 Å². The molecule has 0 saturated heterocycles. The fourth-order valence-electron chi connectivity index (χ4n) is 3.69. The Morgan fingerprint density at radius 2 is 1.43 bits per heavy atom. The van der Waals surface area contributed by atoms with Crippen LogP contribution >= 0.6 is 0 Å². The Morgan fingerprint density at radius 3 is 2.23 bits per heavy atom. The van der Waals surface area contributed by atoms with Crippen LogP contribution in [0.15, 0.2) is 79.5 Å². The lowest BCUT2D eigenvalue weighted by Crippen LogP contribution is -1.86. The fraction of sp³-hybridized carbons (Fsp3) is 0. The molecule has 0 aromatic carbocycles. The number of aromatic amines is 2. The van der Waals surface area contributed by atoms with E-state index in [0.29, 0.717) is 0 Å². The molecule has 0 aliphatic carbocycles. The number of pyridine rings is 4. The maximum Gasteiger partial charge on any atom is 0.135 e. The molecule has 0 fully saturated rings. The summed E-state index contributed by atoms with van der Waals surface area (Å²) in [6.07, 6.45) is 8.89. The summed E-state index contributed by atoms with van der Waals surface area (Å²) in [5.41, 5.74) is 8.17. The number of fused-ring (bicyclic) bond motifs is 2. The van der Waals surface area contributed by atoms with Gasteiger partial charge in [-0.15, -0.1) is 0 Å². The number of aromatic nitrogens is 7. The van der Waals surface area contributed by atoms with Crippen LogP contribution in [-0.4, -0.2) is 35.1 Å². The highest BCUT2D eigenvalue weighted by molar-refractivity contribution is 5.99. The molecule has 0 aliphatic rings. The SMILES string of the molecule is c1cc(-c2ccc3[nH]nc(-c4cc5c(-c6ccncc6)nccc5[nH]4)c3n2)ccn1. The van der Waals surface area contributed by atoms with Crippen LogP contribution < -0.4 is 0 Å². The number of hydrogen-bond donors (Lipinski definition) is 2. The Labute approximate surface area is 170 Å². The van der Waals surface area contributed by atoms with E-state index in [1.807, 2.05) is 42.5 Å². The van der Waals surface area contributed by atoms with E-state index >= 15 is 0 Å². The van der Waals surface area contributed by atoms with E-state index in [-0.39, 0.29) is 0 Å². The predicted octanol–water partition coefficient (Wildman–Crippen LogP) is 4.63. The molecule has 0 aliphatic heterocycles. The molecule has 7 nitrogen and oxygen atoms in total. The van der Waals surface area contributed by atoms with Crippen molar-refractivity contribution in [2.45, 2.75) is 0 Å². The van der Waals surface area contributed by atoms with E-state index < -0.39 is 0 Å².